The van der Waals surface area contributed by atoms with Gasteiger partial charge in [0, 0.05) is 0 Å². The van der Waals surface area contributed by atoms with E-state index in [1.807, 2.05) is 0 Å². The summed E-state index contributed by atoms with van der Waals surface area (Å²) in [6.45, 7) is 19.9. The number of rotatable bonds is 1. The molecule has 21 heavy (non-hydrogen) atoms. The molecule has 0 spiro atoms. The maximum Gasteiger partial charge on any atom is -0.0201 e. The lowest BCUT2D eigenvalue weighted by Gasteiger charge is -2.49. The first kappa shape index (κ1) is 15.6. The van der Waals surface area contributed by atoms with Gasteiger partial charge in [0.2, 0.25) is 0 Å². The summed E-state index contributed by atoms with van der Waals surface area (Å²) >= 11 is 0. The largest absolute Gasteiger partial charge is 0.0882 e. The van der Waals surface area contributed by atoms with Gasteiger partial charge < -0.3 is 0 Å². The van der Waals surface area contributed by atoms with Crippen LogP contribution in [-0.4, -0.2) is 0 Å². The van der Waals surface area contributed by atoms with Crippen molar-refractivity contribution in [3.8, 4) is 0 Å². The highest BCUT2D eigenvalue weighted by atomic mass is 14.8. The van der Waals surface area contributed by atoms with E-state index in [0.717, 1.165) is 46.8 Å². The van der Waals surface area contributed by atoms with Gasteiger partial charge in [0.05, 0.1) is 0 Å². The van der Waals surface area contributed by atoms with E-state index >= 15 is 0 Å². The molecule has 0 aromatic heterocycles. The monoisotopic (exact) mass is 288 g/mol. The van der Waals surface area contributed by atoms with Crippen LogP contribution in [0.25, 0.3) is 0 Å². The minimum absolute atomic E-state index is 0.435. The van der Waals surface area contributed by atoms with Crippen LogP contribution in [-0.2, 0) is 0 Å². The molecule has 3 saturated carbocycles. The Hall–Kier alpha value is -0.260. The second kappa shape index (κ2) is 4.62. The minimum atomic E-state index is 0.435. The zero-order valence-corrected chi connectivity index (χ0v) is 15.5. The van der Waals surface area contributed by atoms with Crippen molar-refractivity contribution in [1.29, 1.82) is 0 Å². The highest BCUT2D eigenvalue weighted by Gasteiger charge is 2.79. The van der Waals surface area contributed by atoms with Gasteiger partial charge in [-0.15, -0.1) is 0 Å². The molecule has 3 rings (SSSR count). The van der Waals surface area contributed by atoms with Crippen LogP contribution >= 0.6 is 0 Å². The summed E-state index contributed by atoms with van der Waals surface area (Å²) in [5.74, 6) is 6.24. The predicted molar refractivity (Wildman–Crippen MR) is 92.0 cm³/mol. The standard InChI is InChI=1S/C21H36/c1-9-17-10-18(21-11-19(21)16(21)6)13(3)15(5)20(7,8)14(4)12(17)2/h9,12-16,18-19H,10-11H2,1-8H3. The molecule has 0 heterocycles. The normalized spacial score (nSPS) is 57.3. The van der Waals surface area contributed by atoms with Crippen molar-refractivity contribution >= 4 is 0 Å². The second-order valence-electron chi connectivity index (χ2n) is 9.43. The third-order valence-corrected chi connectivity index (χ3v) is 9.07. The topological polar surface area (TPSA) is 0 Å². The van der Waals surface area contributed by atoms with Crippen molar-refractivity contribution < 1.29 is 0 Å². The van der Waals surface area contributed by atoms with Gasteiger partial charge in [0.15, 0.2) is 0 Å². The molecule has 0 saturated heterocycles. The number of hydrogen-bond acceptors (Lipinski definition) is 0. The van der Waals surface area contributed by atoms with E-state index in [1.54, 1.807) is 5.57 Å². The second-order valence-corrected chi connectivity index (χ2v) is 9.43. The Bertz CT molecular complexity index is 451. The average molecular weight is 289 g/mol. The zero-order chi connectivity index (χ0) is 15.7. The van der Waals surface area contributed by atoms with Gasteiger partial charge in [0.25, 0.3) is 0 Å². The third kappa shape index (κ3) is 1.93. The lowest BCUT2D eigenvalue weighted by molar-refractivity contribution is 0.0201. The molecule has 3 fully saturated rings. The molecule has 0 nitrogen and oxygen atoms in total. The molecular formula is C21H36. The van der Waals surface area contributed by atoms with Gasteiger partial charge in [-0.1, -0.05) is 60.1 Å². The molecule has 0 aromatic rings. The van der Waals surface area contributed by atoms with Crippen LogP contribution in [0.4, 0.5) is 0 Å². The Balaban J connectivity index is 1.96. The van der Waals surface area contributed by atoms with E-state index in [9.17, 15) is 0 Å². The number of hydrogen-bond donors (Lipinski definition) is 0. The molecule has 0 heteroatoms. The molecule has 3 aliphatic rings. The van der Waals surface area contributed by atoms with Crippen molar-refractivity contribution in [2.45, 2.75) is 68.2 Å². The first-order valence-corrected chi connectivity index (χ1v) is 9.34. The maximum absolute atomic E-state index is 2.57. The van der Waals surface area contributed by atoms with Gasteiger partial charge in [-0.05, 0) is 72.0 Å². The van der Waals surface area contributed by atoms with Gasteiger partial charge >= 0.3 is 0 Å². The van der Waals surface area contributed by atoms with E-state index in [0.29, 0.717) is 5.41 Å². The van der Waals surface area contributed by atoms with E-state index in [2.05, 4.69) is 61.5 Å². The fraction of sp³-hybridized carbons (Fsp3) is 0.905. The predicted octanol–water partition coefficient (Wildman–Crippen LogP) is 6.18. The molecule has 0 N–H and O–H groups in total. The van der Waals surface area contributed by atoms with Gasteiger partial charge in [-0.2, -0.15) is 0 Å². The molecule has 8 unspecified atom stereocenters. The number of allylic oxidation sites excluding steroid dienone is 2. The molecular weight excluding hydrogens is 252 g/mol. The summed E-state index contributed by atoms with van der Waals surface area (Å²) in [5.41, 5.74) is 2.95. The van der Waals surface area contributed by atoms with E-state index < -0.39 is 0 Å². The van der Waals surface area contributed by atoms with Crippen LogP contribution in [0.3, 0.4) is 0 Å². The highest BCUT2D eigenvalue weighted by molar-refractivity contribution is 5.29. The SMILES string of the molecule is CC=C1CC(C23CC2C3C)C(C)C(C)C(C)(C)C(C)C1C. The molecule has 0 radical (unpaired) electrons. The lowest BCUT2D eigenvalue weighted by atomic mass is 9.55. The maximum atomic E-state index is 2.57. The summed E-state index contributed by atoms with van der Waals surface area (Å²) in [5, 5.41) is 0. The first-order chi connectivity index (χ1) is 9.69. The van der Waals surface area contributed by atoms with Crippen LogP contribution in [0.2, 0.25) is 0 Å². The van der Waals surface area contributed by atoms with Crippen molar-refractivity contribution in [1.82, 2.24) is 0 Å². The van der Waals surface area contributed by atoms with Crippen LogP contribution in [0, 0.1) is 52.3 Å². The highest BCUT2D eigenvalue weighted by Crippen LogP contribution is 2.85. The Kier molecular flexibility index (Phi) is 3.44. The summed E-state index contributed by atoms with van der Waals surface area (Å²) < 4.78 is 0. The lowest BCUT2D eigenvalue weighted by Crippen LogP contribution is -2.42. The number of fused-ring (bicyclic) bond motifs is 1. The molecule has 120 valence electrons. The van der Waals surface area contributed by atoms with Crippen molar-refractivity contribution in [2.24, 2.45) is 52.3 Å². The van der Waals surface area contributed by atoms with Crippen molar-refractivity contribution in [3.63, 3.8) is 0 Å². The smallest absolute Gasteiger partial charge is 0.0201 e. The van der Waals surface area contributed by atoms with Gasteiger partial charge in [0.1, 0.15) is 0 Å². The quantitative estimate of drug-likeness (QED) is 0.505. The fourth-order valence-corrected chi connectivity index (χ4v) is 6.13. The van der Waals surface area contributed by atoms with Crippen molar-refractivity contribution in [3.05, 3.63) is 11.6 Å². The van der Waals surface area contributed by atoms with Crippen LogP contribution in [0.1, 0.15) is 68.2 Å². The molecule has 0 amide bonds. The molecule has 0 bridgehead atoms. The molecule has 0 aliphatic heterocycles. The Labute approximate surface area is 132 Å². The summed E-state index contributed by atoms with van der Waals surface area (Å²) in [6.07, 6.45) is 5.37. The molecule has 3 aliphatic carbocycles. The molecule has 8 atom stereocenters. The van der Waals surface area contributed by atoms with E-state index in [-0.39, 0.29) is 0 Å². The van der Waals surface area contributed by atoms with Crippen molar-refractivity contribution in [2.75, 3.05) is 0 Å². The fourth-order valence-electron chi connectivity index (χ4n) is 6.13. The van der Waals surface area contributed by atoms with Gasteiger partial charge in [-0.25, -0.2) is 0 Å². The van der Waals surface area contributed by atoms with E-state index in [4.69, 9.17) is 0 Å². The summed E-state index contributed by atoms with van der Waals surface area (Å²) in [7, 11) is 0. The Morgan fingerprint density at radius 1 is 0.905 bits per heavy atom. The summed E-state index contributed by atoms with van der Waals surface area (Å²) in [4.78, 5) is 0. The Morgan fingerprint density at radius 2 is 1.48 bits per heavy atom. The third-order valence-electron chi connectivity index (χ3n) is 9.07. The van der Waals surface area contributed by atoms with Crippen LogP contribution < -0.4 is 0 Å². The van der Waals surface area contributed by atoms with Crippen LogP contribution in [0.15, 0.2) is 11.6 Å². The average Bonchev–Trinajstić information content (AvgIpc) is 3.33. The van der Waals surface area contributed by atoms with E-state index in [1.165, 1.54) is 12.8 Å². The molecule has 0 aromatic carbocycles. The summed E-state index contributed by atoms with van der Waals surface area (Å²) in [6, 6.07) is 0. The van der Waals surface area contributed by atoms with Gasteiger partial charge in [-0.3, -0.25) is 0 Å². The van der Waals surface area contributed by atoms with Crippen LogP contribution in [0.5, 0.6) is 0 Å². The zero-order valence-electron chi connectivity index (χ0n) is 15.5. The minimum Gasteiger partial charge on any atom is -0.0882 e. The Morgan fingerprint density at radius 3 is 1.90 bits per heavy atom. The first-order valence-electron chi connectivity index (χ1n) is 9.34.